The van der Waals surface area contributed by atoms with Crippen molar-refractivity contribution in [2.75, 3.05) is 6.61 Å². The molecule has 0 radical (unpaired) electrons. The van der Waals surface area contributed by atoms with Crippen LogP contribution >= 0.6 is 0 Å². The van der Waals surface area contributed by atoms with Crippen LogP contribution in [0.1, 0.15) is 65.6 Å². The smallest absolute Gasteiger partial charge is 0.261 e. The molecule has 3 nitrogen and oxygen atoms in total. The van der Waals surface area contributed by atoms with Crippen molar-refractivity contribution in [1.29, 1.82) is 0 Å². The van der Waals surface area contributed by atoms with Crippen LogP contribution in [0.15, 0.2) is 84.9 Å². The van der Waals surface area contributed by atoms with E-state index in [-0.39, 0.29) is 21.7 Å². The normalized spacial score (nSPS) is 15.3. The number of benzene rings is 3. The number of aryl methyl sites for hydroxylation is 1. The summed E-state index contributed by atoms with van der Waals surface area (Å²) in [5.74, 6) is 0.0963. The molecule has 0 amide bonds. The molecule has 3 rings (SSSR count). The van der Waals surface area contributed by atoms with Crippen molar-refractivity contribution in [2.45, 2.75) is 71.2 Å². The first kappa shape index (κ1) is 28.5. The Morgan fingerprint density at radius 1 is 0.806 bits per heavy atom. The molecule has 0 aliphatic heterocycles. The van der Waals surface area contributed by atoms with Gasteiger partial charge in [0.1, 0.15) is 0 Å². The van der Waals surface area contributed by atoms with Crippen molar-refractivity contribution in [1.82, 2.24) is 4.72 Å². The topological polar surface area (TPSA) is 38.3 Å². The van der Waals surface area contributed by atoms with E-state index in [4.69, 9.17) is 4.43 Å². The average molecular weight is 522 g/mol. The average Bonchev–Trinajstić information content (AvgIpc) is 2.83. The largest absolute Gasteiger partial charge is 0.407 e. The molecule has 0 spiro atoms. The number of hydrogen-bond donors (Lipinski definition) is 1. The fourth-order valence-corrected chi connectivity index (χ4v) is 10.4. The fourth-order valence-electron chi connectivity index (χ4n) is 4.83. The summed E-state index contributed by atoms with van der Waals surface area (Å²) in [7, 11) is -3.86. The number of hydrogen-bond acceptors (Lipinski definition) is 2. The lowest BCUT2D eigenvalue weighted by Gasteiger charge is -2.44. The molecule has 0 aliphatic carbocycles. The lowest BCUT2D eigenvalue weighted by Crippen LogP contribution is -2.67. The van der Waals surface area contributed by atoms with Crippen LogP contribution < -0.4 is 15.1 Å². The Morgan fingerprint density at radius 2 is 1.28 bits per heavy atom. The van der Waals surface area contributed by atoms with Gasteiger partial charge in [0.2, 0.25) is 0 Å². The van der Waals surface area contributed by atoms with Gasteiger partial charge in [-0.05, 0) is 60.2 Å². The van der Waals surface area contributed by atoms with Gasteiger partial charge in [-0.25, -0.2) is 8.93 Å². The van der Waals surface area contributed by atoms with Crippen LogP contribution in [0.25, 0.3) is 0 Å². The first-order chi connectivity index (χ1) is 16.9. The highest BCUT2D eigenvalue weighted by atomic mass is 32.2. The van der Waals surface area contributed by atoms with Crippen molar-refractivity contribution < 1.29 is 8.63 Å². The minimum Gasteiger partial charge on any atom is -0.407 e. The van der Waals surface area contributed by atoms with E-state index in [1.807, 2.05) is 20.8 Å². The Bertz CT molecular complexity index is 1100. The second-order valence-electron chi connectivity index (χ2n) is 11.8. The molecule has 3 atom stereocenters. The van der Waals surface area contributed by atoms with Crippen molar-refractivity contribution >= 4 is 29.7 Å². The van der Waals surface area contributed by atoms with Crippen LogP contribution in [-0.4, -0.2) is 23.9 Å². The molecule has 3 aromatic carbocycles. The van der Waals surface area contributed by atoms with Crippen LogP contribution in [0.2, 0.25) is 5.04 Å². The zero-order chi connectivity index (χ0) is 26.6. The lowest BCUT2D eigenvalue weighted by molar-refractivity contribution is 0.220. The summed E-state index contributed by atoms with van der Waals surface area (Å²) in [6.07, 6.45) is 0. The lowest BCUT2D eigenvalue weighted by atomic mass is 9.93. The molecular weight excluding hydrogens is 478 g/mol. The standard InChI is InChI=1S/C31H43NO2SSi/c1-24-17-15-16-22-28(24)29(32-35(33)30(3,4)5)25(2)23-34-36(31(6,7)8,26-18-11-9-12-19-26)27-20-13-10-14-21-27/h9-22,25,29,32H,23H2,1-8H3. The Hall–Kier alpha value is -2.05. The third kappa shape index (κ3) is 6.25. The van der Waals surface area contributed by atoms with Gasteiger partial charge in [-0.3, -0.25) is 0 Å². The van der Waals surface area contributed by atoms with Crippen LogP contribution in [0.5, 0.6) is 0 Å². The van der Waals surface area contributed by atoms with Crippen molar-refractivity contribution in [3.63, 3.8) is 0 Å². The van der Waals surface area contributed by atoms with E-state index in [2.05, 4.69) is 124 Å². The maximum Gasteiger partial charge on any atom is 0.261 e. The fraction of sp³-hybridized carbons (Fsp3) is 0.419. The Kier molecular flexibility index (Phi) is 9.15. The van der Waals surface area contributed by atoms with Crippen LogP contribution in [0.3, 0.4) is 0 Å². The van der Waals surface area contributed by atoms with E-state index >= 15 is 0 Å². The van der Waals surface area contributed by atoms with E-state index in [0.29, 0.717) is 6.61 Å². The zero-order valence-electron chi connectivity index (χ0n) is 23.2. The molecule has 0 fully saturated rings. The zero-order valence-corrected chi connectivity index (χ0v) is 25.0. The van der Waals surface area contributed by atoms with E-state index < -0.39 is 19.3 Å². The van der Waals surface area contributed by atoms with Crippen LogP contribution in [0.4, 0.5) is 0 Å². The summed E-state index contributed by atoms with van der Waals surface area (Å²) in [5, 5.41) is 2.46. The molecule has 0 aromatic heterocycles. The predicted octanol–water partition coefficient (Wildman–Crippen LogP) is 6.30. The highest BCUT2D eigenvalue weighted by Crippen LogP contribution is 2.38. The van der Waals surface area contributed by atoms with E-state index in [0.717, 1.165) is 0 Å². The van der Waals surface area contributed by atoms with Crippen LogP contribution in [0, 0.1) is 12.8 Å². The number of rotatable bonds is 9. The Labute approximate surface area is 222 Å². The SMILES string of the molecule is Cc1ccccc1C(NS(=O)C(C)(C)C)C(C)CO[Si](c1ccccc1)(c1ccccc1)C(C)(C)C. The molecule has 0 saturated carbocycles. The minimum absolute atomic E-state index is 0.0881. The highest BCUT2D eigenvalue weighted by Gasteiger charge is 2.50. The molecule has 0 saturated heterocycles. The van der Waals surface area contributed by atoms with Gasteiger partial charge in [-0.1, -0.05) is 113 Å². The maximum atomic E-state index is 13.2. The summed E-state index contributed by atoms with van der Waals surface area (Å²) < 4.78 is 23.6. The van der Waals surface area contributed by atoms with Gasteiger partial charge >= 0.3 is 0 Å². The molecule has 3 unspecified atom stereocenters. The Morgan fingerprint density at radius 3 is 1.72 bits per heavy atom. The molecule has 0 heterocycles. The summed E-state index contributed by atoms with van der Waals surface area (Å²) in [6.45, 7) is 17.8. The molecule has 36 heavy (non-hydrogen) atoms. The van der Waals surface area contributed by atoms with Gasteiger partial charge in [0, 0.05) is 12.6 Å². The number of nitrogens with one attached hydrogen (secondary N) is 1. The molecule has 1 N–H and O–H groups in total. The van der Waals surface area contributed by atoms with E-state index in [1.54, 1.807) is 0 Å². The second-order valence-corrected chi connectivity index (χ2v) is 18.1. The molecule has 194 valence electrons. The Balaban J connectivity index is 2.04. The molecule has 5 heteroatoms. The highest BCUT2D eigenvalue weighted by molar-refractivity contribution is 7.84. The van der Waals surface area contributed by atoms with Crippen molar-refractivity contribution in [3.05, 3.63) is 96.1 Å². The molecule has 0 aliphatic rings. The summed E-state index contributed by atoms with van der Waals surface area (Å²) in [4.78, 5) is 0. The summed E-state index contributed by atoms with van der Waals surface area (Å²) in [5.41, 5.74) is 2.37. The van der Waals surface area contributed by atoms with E-state index in [9.17, 15) is 4.21 Å². The van der Waals surface area contributed by atoms with Gasteiger partial charge in [0.05, 0.1) is 15.7 Å². The third-order valence-corrected chi connectivity index (χ3v) is 13.4. The molecular formula is C31H43NO2SSi. The molecule has 0 bridgehead atoms. The van der Waals surface area contributed by atoms with Gasteiger partial charge in [0.25, 0.3) is 8.32 Å². The predicted molar refractivity (Wildman–Crippen MR) is 158 cm³/mol. The summed E-state index contributed by atoms with van der Waals surface area (Å²) in [6, 6.07) is 29.8. The molecule has 3 aromatic rings. The first-order valence-corrected chi connectivity index (χ1v) is 15.9. The van der Waals surface area contributed by atoms with E-state index in [1.165, 1.54) is 21.5 Å². The monoisotopic (exact) mass is 521 g/mol. The van der Waals surface area contributed by atoms with Gasteiger partial charge in [0.15, 0.2) is 0 Å². The van der Waals surface area contributed by atoms with Crippen LogP contribution in [-0.2, 0) is 15.4 Å². The maximum absolute atomic E-state index is 13.2. The van der Waals surface area contributed by atoms with Gasteiger partial charge in [-0.2, -0.15) is 0 Å². The quantitative estimate of drug-likeness (QED) is 0.336. The summed E-state index contributed by atoms with van der Waals surface area (Å²) >= 11 is 0. The third-order valence-electron chi connectivity index (χ3n) is 6.86. The van der Waals surface area contributed by atoms with Crippen molar-refractivity contribution in [2.24, 2.45) is 5.92 Å². The second kappa shape index (κ2) is 11.6. The first-order valence-electron chi connectivity index (χ1n) is 12.9. The minimum atomic E-state index is -2.65. The van der Waals surface area contributed by atoms with Gasteiger partial charge in [-0.15, -0.1) is 0 Å². The van der Waals surface area contributed by atoms with Gasteiger partial charge < -0.3 is 4.43 Å². The van der Waals surface area contributed by atoms with Crippen molar-refractivity contribution in [3.8, 4) is 0 Å².